The molecule has 0 saturated heterocycles. The summed E-state index contributed by atoms with van der Waals surface area (Å²) in [5.41, 5.74) is 0. The van der Waals surface area contributed by atoms with Crippen molar-refractivity contribution in [2.24, 2.45) is 0 Å². The van der Waals surface area contributed by atoms with Gasteiger partial charge in [-0.25, -0.2) is 0 Å². The van der Waals surface area contributed by atoms with Gasteiger partial charge in [-0.2, -0.15) is 13.2 Å². The van der Waals surface area contributed by atoms with E-state index in [0.717, 1.165) is 0 Å². The second-order valence-electron chi connectivity index (χ2n) is 1.08. The fourth-order valence-electron chi connectivity index (χ4n) is 0.140. The van der Waals surface area contributed by atoms with Crippen LogP contribution >= 0.6 is 0 Å². The van der Waals surface area contributed by atoms with Gasteiger partial charge in [-0.1, -0.05) is 0 Å². The topological polar surface area (TPSA) is 20.2 Å². The van der Waals surface area contributed by atoms with E-state index in [1.807, 2.05) is 0 Å². The molecule has 0 bridgehead atoms. The molecular formula is C2H3F3OS2. The molecule has 1 atom stereocenters. The Balaban J connectivity index is 3.55. The predicted octanol–water partition coefficient (Wildman–Crippen LogP) is 1.10. The molecule has 0 aliphatic heterocycles. The van der Waals surface area contributed by atoms with Gasteiger partial charge in [0.25, 0.3) is 0 Å². The van der Waals surface area contributed by atoms with Crippen LogP contribution in [0.2, 0.25) is 0 Å². The lowest BCUT2D eigenvalue weighted by atomic mass is 10.8. The van der Waals surface area contributed by atoms with Crippen LogP contribution in [0, 0.1) is 0 Å². The molecule has 0 aromatic heterocycles. The maximum atomic E-state index is 11.1. The van der Waals surface area contributed by atoms with Crippen LogP contribution in [-0.4, -0.2) is 16.5 Å². The molecule has 0 spiro atoms. The van der Waals surface area contributed by atoms with Crippen LogP contribution in [0.15, 0.2) is 0 Å². The summed E-state index contributed by atoms with van der Waals surface area (Å²) < 4.78 is 41.3. The molecule has 50 valence electrons. The Hall–Kier alpha value is 0.320. The van der Waals surface area contributed by atoms with Gasteiger partial charge in [-0.3, -0.25) is 0 Å². The summed E-state index contributed by atoms with van der Waals surface area (Å²) in [6, 6.07) is 0. The first-order valence-corrected chi connectivity index (χ1v) is 3.83. The molecule has 0 aromatic rings. The summed E-state index contributed by atoms with van der Waals surface area (Å²) in [4.78, 5) is 0. The Kier molecular flexibility index (Phi) is 2.86. The predicted molar refractivity (Wildman–Crippen MR) is 28.3 cm³/mol. The first-order valence-electron chi connectivity index (χ1n) is 1.56. The first kappa shape index (κ1) is 8.32. The van der Waals surface area contributed by atoms with Crippen molar-refractivity contribution in [3.8, 4) is 0 Å². The van der Waals surface area contributed by atoms with E-state index in [4.69, 9.17) is 4.55 Å². The Labute approximate surface area is 51.3 Å². The SMILES string of the molecule is OS(=S)CC(F)(F)F. The average Bonchev–Trinajstić information content (AvgIpc) is 1.21. The highest BCUT2D eigenvalue weighted by Gasteiger charge is 2.28. The van der Waals surface area contributed by atoms with Crippen LogP contribution in [-0.2, 0) is 20.9 Å². The lowest BCUT2D eigenvalue weighted by molar-refractivity contribution is -0.106. The zero-order chi connectivity index (χ0) is 6.78. The van der Waals surface area contributed by atoms with Gasteiger partial charge in [-0.05, 0) is 11.2 Å². The Morgan fingerprint density at radius 2 is 1.88 bits per heavy atom. The third kappa shape index (κ3) is 6.32. The lowest BCUT2D eigenvalue weighted by Crippen LogP contribution is -2.16. The second kappa shape index (κ2) is 2.75. The molecule has 0 amide bonds. The fraction of sp³-hybridized carbons (Fsp3) is 1.00. The first-order chi connectivity index (χ1) is 3.42. The van der Waals surface area contributed by atoms with Crippen molar-refractivity contribution in [1.29, 1.82) is 0 Å². The minimum absolute atomic E-state index is 1.28. The molecule has 1 unspecified atom stereocenters. The van der Waals surface area contributed by atoms with Gasteiger partial charge in [0.2, 0.25) is 0 Å². The molecule has 0 aromatic carbocycles. The highest BCUT2D eigenvalue weighted by molar-refractivity contribution is 8.25. The van der Waals surface area contributed by atoms with E-state index >= 15 is 0 Å². The summed E-state index contributed by atoms with van der Waals surface area (Å²) in [5, 5.41) is 0. The Bertz CT molecular complexity index is 97.9. The number of rotatable bonds is 1. The summed E-state index contributed by atoms with van der Waals surface area (Å²) in [6.45, 7) is 0. The molecule has 0 radical (unpaired) electrons. The third-order valence-corrected chi connectivity index (χ3v) is 1.21. The molecule has 0 aliphatic carbocycles. The number of halogens is 3. The monoisotopic (exact) mass is 164 g/mol. The summed E-state index contributed by atoms with van der Waals surface area (Å²) in [6.07, 6.45) is -4.32. The van der Waals surface area contributed by atoms with Crippen molar-refractivity contribution < 1.29 is 17.7 Å². The molecule has 0 aliphatic rings. The van der Waals surface area contributed by atoms with E-state index < -0.39 is 21.7 Å². The molecule has 0 fully saturated rings. The second-order valence-corrected chi connectivity index (χ2v) is 3.17. The third-order valence-electron chi connectivity index (χ3n) is 0.287. The van der Waals surface area contributed by atoms with Gasteiger partial charge >= 0.3 is 6.18 Å². The van der Waals surface area contributed by atoms with E-state index in [1.165, 1.54) is 0 Å². The Morgan fingerprint density at radius 1 is 1.50 bits per heavy atom. The number of hydrogen-bond donors (Lipinski definition) is 1. The van der Waals surface area contributed by atoms with Gasteiger partial charge < -0.3 is 4.55 Å². The van der Waals surface area contributed by atoms with Gasteiger partial charge in [0.15, 0.2) is 0 Å². The Morgan fingerprint density at radius 3 is 1.88 bits per heavy atom. The van der Waals surface area contributed by atoms with Crippen LogP contribution in [0.3, 0.4) is 0 Å². The summed E-state index contributed by atoms with van der Waals surface area (Å²) in [7, 11) is -1.93. The molecule has 6 heteroatoms. The van der Waals surface area contributed by atoms with Crippen LogP contribution in [0.5, 0.6) is 0 Å². The van der Waals surface area contributed by atoms with Crippen molar-refractivity contribution >= 4 is 20.9 Å². The molecule has 1 N–H and O–H groups in total. The number of hydrogen-bond acceptors (Lipinski definition) is 1. The summed E-state index contributed by atoms with van der Waals surface area (Å²) in [5.74, 6) is -1.28. The highest BCUT2D eigenvalue weighted by Crippen LogP contribution is 2.14. The van der Waals surface area contributed by atoms with E-state index in [-0.39, 0.29) is 0 Å². The maximum absolute atomic E-state index is 11.1. The van der Waals surface area contributed by atoms with Crippen LogP contribution in [0.1, 0.15) is 0 Å². The molecule has 0 rings (SSSR count). The van der Waals surface area contributed by atoms with Crippen molar-refractivity contribution in [3.05, 3.63) is 0 Å². The van der Waals surface area contributed by atoms with Gasteiger partial charge in [0.05, 0.1) is 0 Å². The van der Waals surface area contributed by atoms with E-state index in [9.17, 15) is 13.2 Å². The summed E-state index contributed by atoms with van der Waals surface area (Å²) >= 11 is 3.89. The standard InChI is InChI=1S/C2H3F3OS2/c3-2(4,5)1-8(6)7/h1H2,(H,6,7). The largest absolute Gasteiger partial charge is 0.400 e. The normalized spacial score (nSPS) is 16.0. The van der Waals surface area contributed by atoms with Crippen LogP contribution in [0.25, 0.3) is 0 Å². The molecular weight excluding hydrogens is 161 g/mol. The quantitative estimate of drug-likeness (QED) is 0.626. The van der Waals surface area contributed by atoms with Gasteiger partial charge in [0, 0.05) is 9.74 Å². The minimum atomic E-state index is -4.32. The zero-order valence-corrected chi connectivity index (χ0v) is 5.24. The van der Waals surface area contributed by atoms with Crippen molar-refractivity contribution in [2.75, 3.05) is 5.75 Å². The van der Waals surface area contributed by atoms with E-state index in [1.54, 1.807) is 0 Å². The van der Waals surface area contributed by atoms with Gasteiger partial charge in [0.1, 0.15) is 5.75 Å². The van der Waals surface area contributed by atoms with Crippen LogP contribution < -0.4 is 0 Å². The molecule has 0 heterocycles. The zero-order valence-electron chi connectivity index (χ0n) is 3.60. The maximum Gasteiger partial charge on any atom is 0.400 e. The van der Waals surface area contributed by atoms with Gasteiger partial charge in [-0.15, -0.1) is 0 Å². The van der Waals surface area contributed by atoms with Crippen molar-refractivity contribution in [2.45, 2.75) is 6.18 Å². The van der Waals surface area contributed by atoms with Crippen LogP contribution in [0.4, 0.5) is 13.2 Å². The number of alkyl halides is 3. The van der Waals surface area contributed by atoms with Crippen molar-refractivity contribution in [3.63, 3.8) is 0 Å². The highest BCUT2D eigenvalue weighted by atomic mass is 32.8. The average molecular weight is 164 g/mol. The molecule has 8 heavy (non-hydrogen) atoms. The van der Waals surface area contributed by atoms with E-state index in [2.05, 4.69) is 11.2 Å². The van der Waals surface area contributed by atoms with E-state index in [0.29, 0.717) is 0 Å². The minimum Gasteiger partial charge on any atom is -0.327 e. The molecule has 1 nitrogen and oxygen atoms in total. The fourth-order valence-corrected chi connectivity index (χ4v) is 0.821. The lowest BCUT2D eigenvalue weighted by Gasteiger charge is -2.01. The van der Waals surface area contributed by atoms with Crippen molar-refractivity contribution in [1.82, 2.24) is 0 Å². The smallest absolute Gasteiger partial charge is 0.327 e. The molecule has 0 saturated carbocycles.